The van der Waals surface area contributed by atoms with Gasteiger partial charge in [0.25, 0.3) is 0 Å². The van der Waals surface area contributed by atoms with Gasteiger partial charge in [-0.2, -0.15) is 0 Å². The van der Waals surface area contributed by atoms with E-state index in [1.807, 2.05) is 0 Å². The molecule has 0 saturated carbocycles. The first-order chi connectivity index (χ1) is 3.77. The first-order valence-corrected chi connectivity index (χ1v) is 4.09. The van der Waals surface area contributed by atoms with Crippen LogP contribution in [0.4, 0.5) is 0 Å². The van der Waals surface area contributed by atoms with Crippen LogP contribution in [0.1, 0.15) is 19.8 Å². The largest absolute Gasteiger partial charge is 0.374 e. The van der Waals surface area contributed by atoms with Crippen LogP contribution < -0.4 is 0 Å². The van der Waals surface area contributed by atoms with Crippen LogP contribution in [0, 0.1) is 0 Å². The molecule has 1 saturated heterocycles. The Morgan fingerprint density at radius 1 is 1.75 bits per heavy atom. The van der Waals surface area contributed by atoms with Gasteiger partial charge >= 0.3 is 0 Å². The summed E-state index contributed by atoms with van der Waals surface area (Å²) in [5.41, 5.74) is 0.153. The molecule has 1 rings (SSSR count). The molecule has 0 unspecified atom stereocenters. The van der Waals surface area contributed by atoms with Crippen molar-refractivity contribution >= 4 is 15.9 Å². The quantitative estimate of drug-likeness (QED) is 0.559. The summed E-state index contributed by atoms with van der Waals surface area (Å²) < 4.78 is 5.44. The summed E-state index contributed by atoms with van der Waals surface area (Å²) >= 11 is 3.41. The fourth-order valence-electron chi connectivity index (χ4n) is 0.942. The number of halogens is 1. The van der Waals surface area contributed by atoms with Gasteiger partial charge in [0.15, 0.2) is 0 Å². The topological polar surface area (TPSA) is 9.23 Å². The molecule has 1 heterocycles. The van der Waals surface area contributed by atoms with Gasteiger partial charge in [0.1, 0.15) is 0 Å². The molecule has 1 nitrogen and oxygen atoms in total. The zero-order chi connectivity index (χ0) is 6.04. The number of ether oxygens (including phenoxy) is 1. The maximum absolute atomic E-state index is 5.44. The maximum Gasteiger partial charge on any atom is 0.0751 e. The lowest BCUT2D eigenvalue weighted by Gasteiger charge is -2.18. The lowest BCUT2D eigenvalue weighted by molar-refractivity contribution is 0.0418. The Morgan fingerprint density at radius 3 is 2.75 bits per heavy atom. The predicted molar refractivity (Wildman–Crippen MR) is 37.4 cm³/mol. The van der Waals surface area contributed by atoms with Crippen LogP contribution in [0.2, 0.25) is 0 Å². The fourth-order valence-corrected chi connectivity index (χ4v) is 1.38. The third-order valence-corrected chi connectivity index (χ3v) is 2.77. The summed E-state index contributed by atoms with van der Waals surface area (Å²) in [6.45, 7) is 3.09. The summed E-state index contributed by atoms with van der Waals surface area (Å²) in [7, 11) is 0. The highest BCUT2D eigenvalue weighted by molar-refractivity contribution is 9.09. The van der Waals surface area contributed by atoms with E-state index in [-0.39, 0.29) is 5.60 Å². The minimum atomic E-state index is 0.153. The highest BCUT2D eigenvalue weighted by atomic mass is 79.9. The van der Waals surface area contributed by atoms with Gasteiger partial charge in [-0.3, -0.25) is 0 Å². The van der Waals surface area contributed by atoms with Gasteiger partial charge in [-0.05, 0) is 19.8 Å². The van der Waals surface area contributed by atoms with Gasteiger partial charge in [-0.1, -0.05) is 15.9 Å². The average molecular weight is 179 g/mol. The molecule has 0 spiro atoms. The highest BCUT2D eigenvalue weighted by Gasteiger charge is 2.27. The Morgan fingerprint density at radius 2 is 2.50 bits per heavy atom. The zero-order valence-corrected chi connectivity index (χ0v) is 6.70. The summed E-state index contributed by atoms with van der Waals surface area (Å²) in [5.74, 6) is 0. The Bertz CT molecular complexity index is 76.6. The summed E-state index contributed by atoms with van der Waals surface area (Å²) in [4.78, 5) is 0. The van der Waals surface area contributed by atoms with Gasteiger partial charge in [0.05, 0.1) is 5.60 Å². The van der Waals surface area contributed by atoms with Crippen LogP contribution >= 0.6 is 15.9 Å². The van der Waals surface area contributed by atoms with Crippen molar-refractivity contribution in [2.45, 2.75) is 25.4 Å². The molecule has 0 radical (unpaired) electrons. The van der Waals surface area contributed by atoms with Crippen LogP contribution in [-0.4, -0.2) is 17.5 Å². The zero-order valence-electron chi connectivity index (χ0n) is 5.11. The number of hydrogen-bond acceptors (Lipinski definition) is 1. The monoisotopic (exact) mass is 178 g/mol. The van der Waals surface area contributed by atoms with E-state index in [0.717, 1.165) is 11.9 Å². The van der Waals surface area contributed by atoms with E-state index in [4.69, 9.17) is 4.74 Å². The minimum absolute atomic E-state index is 0.153. The predicted octanol–water partition coefficient (Wildman–Crippen LogP) is 1.95. The molecule has 0 aromatic carbocycles. The number of alkyl halides is 1. The van der Waals surface area contributed by atoms with E-state index in [1.165, 1.54) is 12.8 Å². The van der Waals surface area contributed by atoms with Crippen molar-refractivity contribution in [1.29, 1.82) is 0 Å². The van der Waals surface area contributed by atoms with Crippen molar-refractivity contribution in [1.82, 2.24) is 0 Å². The molecule has 48 valence electrons. The standard InChI is InChI=1S/C6H11BrO/c1-6(5-7)3-2-4-8-6/h2-5H2,1H3/t6-/m1/s1. The van der Waals surface area contributed by atoms with Crippen molar-refractivity contribution < 1.29 is 4.74 Å². The average Bonchev–Trinajstić information content (AvgIpc) is 2.17. The van der Waals surface area contributed by atoms with Crippen molar-refractivity contribution in [3.05, 3.63) is 0 Å². The summed E-state index contributed by atoms with van der Waals surface area (Å²) in [5, 5.41) is 0.972. The molecule has 1 fully saturated rings. The van der Waals surface area contributed by atoms with E-state index in [9.17, 15) is 0 Å². The van der Waals surface area contributed by atoms with Crippen molar-refractivity contribution in [2.24, 2.45) is 0 Å². The molecular formula is C6H11BrO. The SMILES string of the molecule is C[C@]1(CBr)CCCO1. The van der Waals surface area contributed by atoms with E-state index in [2.05, 4.69) is 22.9 Å². The molecule has 1 aliphatic rings. The lowest BCUT2D eigenvalue weighted by atomic mass is 10.1. The van der Waals surface area contributed by atoms with Crippen LogP contribution in [-0.2, 0) is 4.74 Å². The van der Waals surface area contributed by atoms with Gasteiger partial charge in [-0.25, -0.2) is 0 Å². The molecule has 1 atom stereocenters. The molecule has 0 N–H and O–H groups in total. The van der Waals surface area contributed by atoms with Crippen LogP contribution in [0.3, 0.4) is 0 Å². The first-order valence-electron chi connectivity index (χ1n) is 2.97. The molecule has 8 heavy (non-hydrogen) atoms. The van der Waals surface area contributed by atoms with Gasteiger partial charge in [-0.15, -0.1) is 0 Å². The third kappa shape index (κ3) is 1.23. The second kappa shape index (κ2) is 2.36. The van der Waals surface area contributed by atoms with E-state index in [1.54, 1.807) is 0 Å². The summed E-state index contributed by atoms with van der Waals surface area (Å²) in [6.07, 6.45) is 2.43. The highest BCUT2D eigenvalue weighted by Crippen LogP contribution is 2.26. The van der Waals surface area contributed by atoms with E-state index in [0.29, 0.717) is 0 Å². The Kier molecular flexibility index (Phi) is 1.93. The number of rotatable bonds is 1. The van der Waals surface area contributed by atoms with Gasteiger partial charge in [0, 0.05) is 11.9 Å². The second-order valence-corrected chi connectivity index (χ2v) is 3.10. The minimum Gasteiger partial charge on any atom is -0.374 e. The van der Waals surface area contributed by atoms with Gasteiger partial charge < -0.3 is 4.74 Å². The fraction of sp³-hybridized carbons (Fsp3) is 1.00. The lowest BCUT2D eigenvalue weighted by Crippen LogP contribution is -2.24. The smallest absolute Gasteiger partial charge is 0.0751 e. The normalized spacial score (nSPS) is 38.2. The second-order valence-electron chi connectivity index (χ2n) is 2.54. The molecule has 0 bridgehead atoms. The van der Waals surface area contributed by atoms with Crippen molar-refractivity contribution in [2.75, 3.05) is 11.9 Å². The Labute approximate surface area is 58.5 Å². The molecule has 1 aliphatic heterocycles. The molecule has 0 aromatic rings. The molecule has 0 aliphatic carbocycles. The first kappa shape index (κ1) is 6.56. The van der Waals surface area contributed by atoms with Crippen LogP contribution in [0.15, 0.2) is 0 Å². The van der Waals surface area contributed by atoms with Gasteiger partial charge in [0.2, 0.25) is 0 Å². The number of hydrogen-bond donors (Lipinski definition) is 0. The molecule has 0 aromatic heterocycles. The van der Waals surface area contributed by atoms with E-state index < -0.39 is 0 Å². The van der Waals surface area contributed by atoms with Crippen LogP contribution in [0.5, 0.6) is 0 Å². The van der Waals surface area contributed by atoms with Crippen LogP contribution in [0.25, 0.3) is 0 Å². The Balaban J connectivity index is 2.40. The Hall–Kier alpha value is 0.440. The van der Waals surface area contributed by atoms with Crippen molar-refractivity contribution in [3.63, 3.8) is 0 Å². The maximum atomic E-state index is 5.44. The van der Waals surface area contributed by atoms with E-state index >= 15 is 0 Å². The molecule has 0 amide bonds. The third-order valence-electron chi connectivity index (χ3n) is 1.58. The molecule has 2 heteroatoms. The summed E-state index contributed by atoms with van der Waals surface area (Å²) in [6, 6.07) is 0. The van der Waals surface area contributed by atoms with Crippen molar-refractivity contribution in [3.8, 4) is 0 Å². The molecular weight excluding hydrogens is 168 g/mol.